The molecule has 0 atom stereocenters. The molecule has 1 aliphatic heterocycles. The number of hydrogen-bond donors (Lipinski definition) is 2. The van der Waals surface area contributed by atoms with Crippen molar-refractivity contribution in [2.24, 2.45) is 10.7 Å². The number of amidine groups is 1. The van der Waals surface area contributed by atoms with Crippen LogP contribution in [-0.4, -0.2) is 37.2 Å². The van der Waals surface area contributed by atoms with Crippen molar-refractivity contribution in [1.82, 2.24) is 4.98 Å². The van der Waals surface area contributed by atoms with Crippen LogP contribution in [0.2, 0.25) is 0 Å². The highest BCUT2D eigenvalue weighted by Gasteiger charge is 2.14. The Hall–Kier alpha value is -3.46. The summed E-state index contributed by atoms with van der Waals surface area (Å²) >= 11 is 0. The van der Waals surface area contributed by atoms with Crippen LogP contribution in [0.3, 0.4) is 0 Å². The van der Waals surface area contributed by atoms with Gasteiger partial charge in [-0.25, -0.2) is 9.37 Å². The molecule has 3 rings (SSSR count). The Morgan fingerprint density at radius 2 is 2.17 bits per heavy atom. The molecule has 29 heavy (non-hydrogen) atoms. The number of rotatable bonds is 5. The SMILES string of the molecule is COc1ccc(C(=O)Nc2ccc(F)c(/N=C(/N)OC3=C(C)COCC3)c2)nc1. The molecule has 152 valence electrons. The summed E-state index contributed by atoms with van der Waals surface area (Å²) in [5.74, 6) is 0.134. The molecule has 3 N–H and O–H groups in total. The molecule has 9 heteroatoms. The molecule has 1 aromatic heterocycles. The average Bonchev–Trinajstić information content (AvgIpc) is 2.72. The van der Waals surface area contributed by atoms with Crippen molar-refractivity contribution in [3.05, 3.63) is 59.4 Å². The summed E-state index contributed by atoms with van der Waals surface area (Å²) in [6, 6.07) is 6.90. The molecule has 0 aliphatic carbocycles. The summed E-state index contributed by atoms with van der Waals surface area (Å²) in [6.07, 6.45) is 2.00. The summed E-state index contributed by atoms with van der Waals surface area (Å²) in [6.45, 7) is 2.85. The Kier molecular flexibility index (Phi) is 6.40. The molecule has 0 saturated heterocycles. The highest BCUT2D eigenvalue weighted by molar-refractivity contribution is 6.03. The van der Waals surface area contributed by atoms with Gasteiger partial charge >= 0.3 is 0 Å². The lowest BCUT2D eigenvalue weighted by molar-refractivity contribution is 0.102. The molecule has 8 nitrogen and oxygen atoms in total. The van der Waals surface area contributed by atoms with Crippen molar-refractivity contribution >= 4 is 23.3 Å². The zero-order valence-corrected chi connectivity index (χ0v) is 16.1. The van der Waals surface area contributed by atoms with Gasteiger partial charge in [-0.2, -0.15) is 4.99 Å². The van der Waals surface area contributed by atoms with E-state index in [9.17, 15) is 9.18 Å². The number of aliphatic imine (C=N–C) groups is 1. The van der Waals surface area contributed by atoms with Crippen molar-refractivity contribution in [2.75, 3.05) is 25.6 Å². The van der Waals surface area contributed by atoms with Crippen LogP contribution in [0, 0.1) is 5.82 Å². The number of nitrogens with zero attached hydrogens (tertiary/aromatic N) is 2. The Balaban J connectivity index is 1.74. The van der Waals surface area contributed by atoms with Crippen molar-refractivity contribution < 1.29 is 23.4 Å². The predicted molar refractivity (Wildman–Crippen MR) is 106 cm³/mol. The number of halogens is 1. The maximum absolute atomic E-state index is 14.1. The van der Waals surface area contributed by atoms with Crippen LogP contribution in [0.15, 0.2) is 52.9 Å². The molecular weight excluding hydrogens is 379 g/mol. The summed E-state index contributed by atoms with van der Waals surface area (Å²) in [5, 5.41) is 2.64. The molecule has 0 bridgehead atoms. The predicted octanol–water partition coefficient (Wildman–Crippen LogP) is 3.14. The van der Waals surface area contributed by atoms with Crippen molar-refractivity contribution in [3.63, 3.8) is 0 Å². The number of ether oxygens (including phenoxy) is 3. The van der Waals surface area contributed by atoms with Crippen LogP contribution >= 0.6 is 0 Å². The van der Waals surface area contributed by atoms with Gasteiger partial charge < -0.3 is 25.3 Å². The van der Waals surface area contributed by atoms with E-state index in [-0.39, 0.29) is 17.4 Å². The Bertz CT molecular complexity index is 957. The first-order valence-corrected chi connectivity index (χ1v) is 8.85. The molecule has 2 aromatic rings. The van der Waals surface area contributed by atoms with Gasteiger partial charge in [-0.3, -0.25) is 4.79 Å². The van der Waals surface area contributed by atoms with Crippen LogP contribution in [0.1, 0.15) is 23.8 Å². The Morgan fingerprint density at radius 1 is 1.34 bits per heavy atom. The van der Waals surface area contributed by atoms with Crippen molar-refractivity contribution in [2.45, 2.75) is 13.3 Å². The zero-order chi connectivity index (χ0) is 20.8. The van der Waals surface area contributed by atoms with Crippen LogP contribution in [-0.2, 0) is 9.47 Å². The summed E-state index contributed by atoms with van der Waals surface area (Å²) in [5.41, 5.74) is 7.18. The number of benzene rings is 1. The minimum absolute atomic E-state index is 0.0618. The van der Waals surface area contributed by atoms with E-state index in [1.165, 1.54) is 37.6 Å². The number of nitrogens with two attached hydrogens (primary N) is 1. The monoisotopic (exact) mass is 400 g/mol. The van der Waals surface area contributed by atoms with Gasteiger partial charge in [0.2, 0.25) is 0 Å². The third-order valence-corrected chi connectivity index (χ3v) is 4.14. The fourth-order valence-corrected chi connectivity index (χ4v) is 2.60. The standard InChI is InChI=1S/C20H21FN4O4/c1-12-11-28-8-7-18(12)29-20(22)25-17-9-13(3-5-15(17)21)24-19(26)16-6-4-14(27-2)10-23-16/h3-6,9-10H,7-8,11H2,1-2H3,(H2,22,25)(H,24,26). The van der Waals surface area contributed by atoms with E-state index < -0.39 is 11.7 Å². The first kappa shape index (κ1) is 20.3. The quantitative estimate of drug-likeness (QED) is 0.590. The second-order valence-corrected chi connectivity index (χ2v) is 6.26. The van der Waals surface area contributed by atoms with Crippen LogP contribution in [0.25, 0.3) is 0 Å². The molecule has 1 amide bonds. The molecule has 0 radical (unpaired) electrons. The number of anilines is 1. The fraction of sp³-hybridized carbons (Fsp3) is 0.250. The van der Waals surface area contributed by atoms with Crippen LogP contribution < -0.4 is 15.8 Å². The lowest BCUT2D eigenvalue weighted by Crippen LogP contribution is -2.20. The van der Waals surface area contributed by atoms with E-state index in [0.29, 0.717) is 36.8 Å². The molecule has 0 spiro atoms. The molecule has 1 aromatic carbocycles. The lowest BCUT2D eigenvalue weighted by atomic mass is 10.2. The molecule has 0 saturated carbocycles. The number of amides is 1. The minimum atomic E-state index is -0.602. The second kappa shape index (κ2) is 9.16. The van der Waals surface area contributed by atoms with E-state index in [1.807, 2.05) is 6.92 Å². The van der Waals surface area contributed by atoms with E-state index in [0.717, 1.165) is 5.57 Å². The Morgan fingerprint density at radius 3 is 2.86 bits per heavy atom. The number of hydrogen-bond acceptors (Lipinski definition) is 6. The average molecular weight is 400 g/mol. The first-order valence-electron chi connectivity index (χ1n) is 8.85. The van der Waals surface area contributed by atoms with E-state index in [4.69, 9.17) is 19.9 Å². The van der Waals surface area contributed by atoms with Gasteiger partial charge in [0.25, 0.3) is 11.9 Å². The summed E-state index contributed by atoms with van der Waals surface area (Å²) in [7, 11) is 1.51. The number of nitrogens with one attached hydrogen (secondary N) is 1. The number of methoxy groups -OCH3 is 1. The normalized spacial score (nSPS) is 14.5. The smallest absolute Gasteiger partial charge is 0.292 e. The number of carbonyl (C=O) groups is 1. The second-order valence-electron chi connectivity index (χ2n) is 6.26. The lowest BCUT2D eigenvalue weighted by Gasteiger charge is -2.18. The van der Waals surface area contributed by atoms with Gasteiger partial charge in [-0.15, -0.1) is 0 Å². The van der Waals surface area contributed by atoms with Gasteiger partial charge in [0.15, 0.2) is 0 Å². The number of aromatic nitrogens is 1. The van der Waals surface area contributed by atoms with Gasteiger partial charge in [0.1, 0.15) is 28.7 Å². The summed E-state index contributed by atoms with van der Waals surface area (Å²) in [4.78, 5) is 20.3. The van der Waals surface area contributed by atoms with Gasteiger partial charge in [-0.05, 0) is 42.8 Å². The number of carbonyl (C=O) groups excluding carboxylic acids is 1. The van der Waals surface area contributed by atoms with Crippen LogP contribution in [0.5, 0.6) is 5.75 Å². The van der Waals surface area contributed by atoms with Gasteiger partial charge in [-0.1, -0.05) is 0 Å². The summed E-state index contributed by atoms with van der Waals surface area (Å²) < 4.78 is 30.0. The van der Waals surface area contributed by atoms with Crippen molar-refractivity contribution in [1.29, 1.82) is 0 Å². The van der Waals surface area contributed by atoms with E-state index in [1.54, 1.807) is 6.07 Å². The molecule has 2 heterocycles. The van der Waals surface area contributed by atoms with Gasteiger partial charge in [0.05, 0.1) is 26.5 Å². The largest absolute Gasteiger partial charge is 0.495 e. The van der Waals surface area contributed by atoms with Gasteiger partial charge in [0, 0.05) is 12.1 Å². The van der Waals surface area contributed by atoms with E-state index in [2.05, 4.69) is 15.3 Å². The maximum atomic E-state index is 14.1. The zero-order valence-electron chi connectivity index (χ0n) is 16.1. The first-order chi connectivity index (χ1) is 14.0. The highest BCUT2D eigenvalue weighted by Crippen LogP contribution is 2.24. The fourth-order valence-electron chi connectivity index (χ4n) is 2.60. The third kappa shape index (κ3) is 5.29. The molecule has 0 fully saturated rings. The van der Waals surface area contributed by atoms with Crippen molar-refractivity contribution in [3.8, 4) is 5.75 Å². The topological polar surface area (TPSA) is 108 Å². The highest BCUT2D eigenvalue weighted by atomic mass is 19.1. The number of pyridine rings is 1. The Labute approximate surface area is 167 Å². The molecule has 1 aliphatic rings. The van der Waals surface area contributed by atoms with Crippen LogP contribution in [0.4, 0.5) is 15.8 Å². The third-order valence-electron chi connectivity index (χ3n) is 4.14. The van der Waals surface area contributed by atoms with E-state index >= 15 is 0 Å². The molecule has 0 unspecified atom stereocenters. The minimum Gasteiger partial charge on any atom is -0.495 e. The molecular formula is C20H21FN4O4. The maximum Gasteiger partial charge on any atom is 0.292 e.